The fourth-order valence-corrected chi connectivity index (χ4v) is 4.89. The number of ether oxygens (including phenoxy) is 1. The Bertz CT molecular complexity index is 1420. The maximum Gasteiger partial charge on any atom is 0.323 e. The highest BCUT2D eigenvalue weighted by molar-refractivity contribution is 5.94. The number of carbonyl (C=O) groups is 3. The van der Waals surface area contributed by atoms with Crippen LogP contribution in [0.1, 0.15) is 68.4 Å². The predicted molar refractivity (Wildman–Crippen MR) is 164 cm³/mol. The number of aliphatic hydroxyl groups excluding tert-OH is 1. The number of unbranched alkanes of at least 4 members (excludes halogenated alkanes) is 1. The van der Waals surface area contributed by atoms with Gasteiger partial charge in [-0.05, 0) is 88.7 Å². The summed E-state index contributed by atoms with van der Waals surface area (Å²) in [5.74, 6) is -3.06. The lowest BCUT2D eigenvalue weighted by Crippen LogP contribution is -2.47. The van der Waals surface area contributed by atoms with Crippen LogP contribution in [0.4, 0.5) is 4.39 Å². The summed E-state index contributed by atoms with van der Waals surface area (Å²) < 4.78 is 19.6. The number of aromatic nitrogens is 2. The first-order valence-electron chi connectivity index (χ1n) is 14.8. The smallest absolute Gasteiger partial charge is 0.323 e. The van der Waals surface area contributed by atoms with Gasteiger partial charge in [0, 0.05) is 5.92 Å². The van der Waals surface area contributed by atoms with Crippen molar-refractivity contribution in [1.29, 1.82) is 0 Å². The fourth-order valence-electron chi connectivity index (χ4n) is 4.89. The Morgan fingerprint density at radius 1 is 1.07 bits per heavy atom. The Kier molecular flexibility index (Phi) is 12.7. The van der Waals surface area contributed by atoms with Crippen molar-refractivity contribution >= 4 is 28.8 Å². The molecule has 8 N–H and O–H groups in total. The number of carbonyl (C=O) groups excluding carboxylic acids is 3. The van der Waals surface area contributed by atoms with Gasteiger partial charge in [0.2, 0.25) is 5.91 Å². The third-order valence-corrected chi connectivity index (χ3v) is 7.48. The van der Waals surface area contributed by atoms with E-state index in [1.807, 2.05) is 6.07 Å². The molecule has 3 rings (SSSR count). The molecule has 2 aromatic carbocycles. The number of amides is 2. The van der Waals surface area contributed by atoms with Gasteiger partial charge >= 0.3 is 5.97 Å². The number of nitrogens with one attached hydrogen (secondary N) is 1. The molecule has 0 saturated heterocycles. The van der Waals surface area contributed by atoms with Crippen LogP contribution < -0.4 is 22.5 Å². The van der Waals surface area contributed by atoms with E-state index >= 15 is 0 Å². The highest BCUT2D eigenvalue weighted by Gasteiger charge is 2.32. The number of fused-ring (bicyclic) bond motifs is 1. The zero-order valence-electron chi connectivity index (χ0n) is 25.2. The maximum atomic E-state index is 14.0. The van der Waals surface area contributed by atoms with E-state index in [9.17, 15) is 23.9 Å². The van der Waals surface area contributed by atoms with Crippen LogP contribution in [-0.2, 0) is 20.7 Å². The molecular formula is C32H43FN6O5. The van der Waals surface area contributed by atoms with Crippen molar-refractivity contribution in [2.45, 2.75) is 82.6 Å². The van der Waals surface area contributed by atoms with E-state index in [0.29, 0.717) is 36.0 Å². The number of nitrogens with zero attached hydrogens (tertiary/aromatic N) is 2. The molecule has 0 radical (unpaired) electrons. The topological polar surface area (TPSA) is 197 Å². The molecule has 12 heteroatoms. The number of para-hydroxylation sites is 2. The van der Waals surface area contributed by atoms with Crippen molar-refractivity contribution in [3.8, 4) is 0 Å². The van der Waals surface area contributed by atoms with Gasteiger partial charge in [0.15, 0.2) is 0 Å². The van der Waals surface area contributed by atoms with Crippen molar-refractivity contribution in [3.05, 3.63) is 71.8 Å². The van der Waals surface area contributed by atoms with Gasteiger partial charge in [-0.25, -0.2) is 9.37 Å². The second-order valence-corrected chi connectivity index (χ2v) is 11.7. The van der Waals surface area contributed by atoms with Crippen molar-refractivity contribution < 1.29 is 28.6 Å². The van der Waals surface area contributed by atoms with Crippen molar-refractivity contribution in [2.24, 2.45) is 23.1 Å². The van der Waals surface area contributed by atoms with Gasteiger partial charge < -0.3 is 32.4 Å². The minimum absolute atomic E-state index is 0.0383. The molecule has 11 nitrogen and oxygen atoms in total. The molecule has 0 unspecified atom stereocenters. The van der Waals surface area contributed by atoms with Crippen LogP contribution in [0.25, 0.3) is 11.0 Å². The van der Waals surface area contributed by atoms with Crippen LogP contribution in [0.15, 0.2) is 54.7 Å². The normalized spacial score (nSPS) is 14.4. The number of esters is 1. The molecule has 3 aromatic rings. The van der Waals surface area contributed by atoms with Crippen molar-refractivity contribution in [3.63, 3.8) is 0 Å². The first-order valence-corrected chi connectivity index (χ1v) is 14.8. The Balaban J connectivity index is 1.71. The molecule has 0 aliphatic carbocycles. The zero-order valence-corrected chi connectivity index (χ0v) is 25.2. The van der Waals surface area contributed by atoms with E-state index in [-0.39, 0.29) is 31.4 Å². The average molecular weight is 611 g/mol. The number of aliphatic hydroxyl groups is 1. The molecule has 0 saturated carbocycles. The van der Waals surface area contributed by atoms with Gasteiger partial charge in [0.05, 0.1) is 29.4 Å². The molecule has 0 bridgehead atoms. The quantitative estimate of drug-likeness (QED) is 0.113. The lowest BCUT2D eigenvalue weighted by Gasteiger charge is -2.30. The highest BCUT2D eigenvalue weighted by atomic mass is 19.1. The number of rotatable bonds is 17. The lowest BCUT2D eigenvalue weighted by molar-refractivity contribution is -0.159. The van der Waals surface area contributed by atoms with Crippen LogP contribution in [0.5, 0.6) is 0 Å². The number of halogens is 1. The summed E-state index contributed by atoms with van der Waals surface area (Å²) in [6.07, 6.45) is 2.44. The summed E-state index contributed by atoms with van der Waals surface area (Å²) >= 11 is 0. The SMILES string of the molecule is CC(C)(CC[C@H](C[C@H](O)[C@H](Cc1cccc(F)c1)NC(=O)c1cnc2ccccc2n1)C(N)=O)OC(=O)[C@@H](N)CCCCN. The van der Waals surface area contributed by atoms with E-state index in [2.05, 4.69) is 15.3 Å². The minimum atomic E-state index is -1.24. The van der Waals surface area contributed by atoms with E-state index in [1.165, 1.54) is 24.4 Å². The van der Waals surface area contributed by atoms with E-state index in [4.69, 9.17) is 21.9 Å². The average Bonchev–Trinajstić information content (AvgIpc) is 2.98. The summed E-state index contributed by atoms with van der Waals surface area (Å²) in [5, 5.41) is 14.1. The summed E-state index contributed by atoms with van der Waals surface area (Å²) in [4.78, 5) is 46.8. The first-order chi connectivity index (χ1) is 20.9. The molecule has 0 spiro atoms. The van der Waals surface area contributed by atoms with Crippen LogP contribution >= 0.6 is 0 Å². The minimum Gasteiger partial charge on any atom is -0.459 e. The molecular weight excluding hydrogens is 567 g/mol. The highest BCUT2D eigenvalue weighted by Crippen LogP contribution is 2.25. The summed E-state index contributed by atoms with van der Waals surface area (Å²) in [7, 11) is 0. The Morgan fingerprint density at radius 2 is 1.80 bits per heavy atom. The van der Waals surface area contributed by atoms with Crippen LogP contribution in [0.3, 0.4) is 0 Å². The van der Waals surface area contributed by atoms with E-state index in [1.54, 1.807) is 38.1 Å². The van der Waals surface area contributed by atoms with E-state index < -0.39 is 53.3 Å². The summed E-state index contributed by atoms with van der Waals surface area (Å²) in [6.45, 7) is 3.94. The molecule has 1 heterocycles. The largest absolute Gasteiger partial charge is 0.459 e. The molecule has 44 heavy (non-hydrogen) atoms. The lowest BCUT2D eigenvalue weighted by atomic mass is 9.87. The van der Waals surface area contributed by atoms with Crippen molar-refractivity contribution in [1.82, 2.24) is 15.3 Å². The van der Waals surface area contributed by atoms with Gasteiger partial charge in [-0.2, -0.15) is 0 Å². The number of nitrogens with two attached hydrogens (primary N) is 3. The second-order valence-electron chi connectivity index (χ2n) is 11.7. The number of benzene rings is 2. The fraction of sp³-hybridized carbons (Fsp3) is 0.469. The summed E-state index contributed by atoms with van der Waals surface area (Å²) in [5.41, 5.74) is 17.9. The molecule has 0 aliphatic rings. The monoisotopic (exact) mass is 610 g/mol. The van der Waals surface area contributed by atoms with Gasteiger partial charge in [0.25, 0.3) is 5.91 Å². The number of hydrogen-bond acceptors (Lipinski definition) is 9. The van der Waals surface area contributed by atoms with Crippen molar-refractivity contribution in [2.75, 3.05) is 6.54 Å². The predicted octanol–water partition coefficient (Wildman–Crippen LogP) is 2.52. The van der Waals surface area contributed by atoms with Crippen LogP contribution in [0.2, 0.25) is 0 Å². The molecule has 0 aliphatic heterocycles. The maximum absolute atomic E-state index is 14.0. The first kappa shape index (κ1) is 34.5. The Hall–Kier alpha value is -4.00. The molecule has 0 fully saturated rings. The van der Waals surface area contributed by atoms with Gasteiger partial charge in [-0.3, -0.25) is 19.4 Å². The van der Waals surface area contributed by atoms with Gasteiger partial charge in [-0.1, -0.05) is 30.7 Å². The van der Waals surface area contributed by atoms with Gasteiger partial charge in [0.1, 0.15) is 23.2 Å². The standard InChI is InChI=1S/C32H43FN6O5/c1-32(2,44-31(43)23(35)10-5-6-15-34)14-13-21(29(36)41)18-28(40)26(17-20-8-7-9-22(33)16-20)39-30(42)27-19-37-24-11-3-4-12-25(24)38-27/h3-4,7-9,11-12,16,19,21,23,26,28,40H,5-6,10,13-15,17-18,34-35H2,1-2H3,(H2,36,41)(H,39,42)/t21-,23+,26+,28+/m1/s1. The molecule has 1 aromatic heterocycles. The number of hydrogen-bond donors (Lipinski definition) is 5. The molecule has 2 amide bonds. The molecule has 238 valence electrons. The van der Waals surface area contributed by atoms with Gasteiger partial charge in [-0.15, -0.1) is 0 Å². The number of primary amides is 1. The third-order valence-electron chi connectivity index (χ3n) is 7.48. The molecule has 4 atom stereocenters. The second kappa shape index (κ2) is 16.2. The van der Waals surface area contributed by atoms with Crippen LogP contribution in [0, 0.1) is 11.7 Å². The Morgan fingerprint density at radius 3 is 2.48 bits per heavy atom. The Labute approximate surface area is 256 Å². The van der Waals surface area contributed by atoms with E-state index in [0.717, 1.165) is 6.42 Å². The van der Waals surface area contributed by atoms with Crippen LogP contribution in [-0.4, -0.2) is 63.2 Å². The summed E-state index contributed by atoms with van der Waals surface area (Å²) in [6, 6.07) is 11.2. The third kappa shape index (κ3) is 10.6. The zero-order chi connectivity index (χ0) is 32.3.